The Bertz CT molecular complexity index is 309. The normalized spacial score (nSPS) is 11.4. The number of rotatable bonds is 2. The summed E-state index contributed by atoms with van der Waals surface area (Å²) in [5.74, 6) is 0.140. The Hall–Kier alpha value is -1.03. The van der Waals surface area contributed by atoms with Crippen LogP contribution in [0.4, 0.5) is 10.1 Å². The van der Waals surface area contributed by atoms with E-state index in [-0.39, 0.29) is 5.82 Å². The van der Waals surface area contributed by atoms with Crippen LogP contribution >= 0.6 is 0 Å². The Labute approximate surface area is 78.6 Å². The van der Waals surface area contributed by atoms with E-state index in [2.05, 4.69) is 0 Å². The minimum atomic E-state index is -1.70. The van der Waals surface area contributed by atoms with Gasteiger partial charge in [0, 0.05) is 6.07 Å². The summed E-state index contributed by atoms with van der Waals surface area (Å²) in [5.41, 5.74) is 6.12. The van der Waals surface area contributed by atoms with Gasteiger partial charge < -0.3 is 10.2 Å². The second-order valence-corrected chi connectivity index (χ2v) is 8.33. The maximum absolute atomic E-state index is 12.8. The maximum Gasteiger partial charge on any atom is 0.242 e. The smallest absolute Gasteiger partial charge is 0.242 e. The Balaban J connectivity index is 2.94. The number of benzene rings is 1. The number of hydrogen-bond acceptors (Lipinski definition) is 2. The first-order chi connectivity index (χ1) is 5.88. The number of hydrogen-bond donors (Lipinski definition) is 1. The molecule has 0 aromatic heterocycles. The molecular formula is C9H14FNOSi. The molecule has 0 atom stereocenters. The lowest BCUT2D eigenvalue weighted by atomic mass is 10.3. The number of nitrogen functional groups attached to an aromatic ring is 1. The van der Waals surface area contributed by atoms with E-state index < -0.39 is 8.32 Å². The van der Waals surface area contributed by atoms with Crippen LogP contribution in [0.25, 0.3) is 0 Å². The van der Waals surface area contributed by atoms with Gasteiger partial charge in [0.15, 0.2) is 0 Å². The average molecular weight is 199 g/mol. The summed E-state index contributed by atoms with van der Waals surface area (Å²) in [6, 6.07) is 4.17. The van der Waals surface area contributed by atoms with Crippen LogP contribution in [0.15, 0.2) is 18.2 Å². The molecule has 0 heterocycles. The molecule has 0 saturated heterocycles. The summed E-state index contributed by atoms with van der Waals surface area (Å²) in [6.07, 6.45) is 0. The summed E-state index contributed by atoms with van der Waals surface area (Å²) in [7, 11) is -1.70. The summed E-state index contributed by atoms with van der Waals surface area (Å²) in [6.45, 7) is 6.08. The van der Waals surface area contributed by atoms with E-state index in [1.54, 1.807) is 0 Å². The van der Waals surface area contributed by atoms with Crippen molar-refractivity contribution in [2.24, 2.45) is 0 Å². The van der Waals surface area contributed by atoms with Crippen molar-refractivity contribution in [2.45, 2.75) is 19.6 Å². The molecule has 1 aromatic carbocycles. The molecule has 0 bridgehead atoms. The van der Waals surface area contributed by atoms with Crippen LogP contribution in [0.2, 0.25) is 19.6 Å². The van der Waals surface area contributed by atoms with Gasteiger partial charge in [0.25, 0.3) is 0 Å². The third-order valence-electron chi connectivity index (χ3n) is 1.39. The van der Waals surface area contributed by atoms with Crippen LogP contribution in [-0.4, -0.2) is 8.32 Å². The highest BCUT2D eigenvalue weighted by Gasteiger charge is 2.17. The third-order valence-corrected chi connectivity index (χ3v) is 2.22. The Morgan fingerprint density at radius 1 is 1.31 bits per heavy atom. The van der Waals surface area contributed by atoms with Crippen molar-refractivity contribution in [2.75, 3.05) is 5.73 Å². The van der Waals surface area contributed by atoms with Gasteiger partial charge in [-0.2, -0.15) is 0 Å². The van der Waals surface area contributed by atoms with Crippen LogP contribution in [0.3, 0.4) is 0 Å². The highest BCUT2D eigenvalue weighted by Crippen LogP contribution is 2.24. The highest BCUT2D eigenvalue weighted by molar-refractivity contribution is 6.70. The van der Waals surface area contributed by atoms with Crippen LogP contribution in [0.5, 0.6) is 5.75 Å². The zero-order valence-electron chi connectivity index (χ0n) is 8.10. The Kier molecular flexibility index (Phi) is 2.61. The minimum Gasteiger partial charge on any atom is -0.543 e. The standard InChI is InChI=1S/C9H14FNOSi/c1-13(2,3)12-9-6-7(10)4-5-8(9)11/h4-6H,11H2,1-3H3. The first-order valence-corrected chi connectivity index (χ1v) is 7.53. The summed E-state index contributed by atoms with van der Waals surface area (Å²) in [5, 5.41) is 0. The van der Waals surface area contributed by atoms with Gasteiger partial charge in [-0.15, -0.1) is 0 Å². The van der Waals surface area contributed by atoms with Crippen LogP contribution in [-0.2, 0) is 0 Å². The number of halogens is 1. The molecule has 0 aliphatic rings. The molecule has 0 aliphatic carbocycles. The van der Waals surface area contributed by atoms with Crippen molar-refractivity contribution in [3.63, 3.8) is 0 Å². The molecule has 2 nitrogen and oxygen atoms in total. The van der Waals surface area contributed by atoms with Gasteiger partial charge in [0.05, 0.1) is 5.69 Å². The molecule has 72 valence electrons. The van der Waals surface area contributed by atoms with Crippen molar-refractivity contribution >= 4 is 14.0 Å². The van der Waals surface area contributed by atoms with E-state index in [4.69, 9.17) is 10.2 Å². The second-order valence-electron chi connectivity index (χ2n) is 3.90. The van der Waals surface area contributed by atoms with Gasteiger partial charge in [-0.25, -0.2) is 4.39 Å². The molecule has 0 unspecified atom stereocenters. The van der Waals surface area contributed by atoms with E-state index in [9.17, 15) is 4.39 Å². The molecule has 1 rings (SSSR count). The van der Waals surface area contributed by atoms with E-state index in [1.807, 2.05) is 19.6 Å². The molecule has 4 heteroatoms. The molecular weight excluding hydrogens is 185 g/mol. The average Bonchev–Trinajstić information content (AvgIpc) is 1.94. The van der Waals surface area contributed by atoms with Crippen molar-refractivity contribution in [1.82, 2.24) is 0 Å². The molecule has 0 amide bonds. The maximum atomic E-state index is 12.8. The largest absolute Gasteiger partial charge is 0.543 e. The quantitative estimate of drug-likeness (QED) is 0.587. The number of anilines is 1. The van der Waals surface area contributed by atoms with Gasteiger partial charge in [-0.3, -0.25) is 0 Å². The fourth-order valence-electron chi connectivity index (χ4n) is 0.926. The molecule has 0 aliphatic heterocycles. The van der Waals surface area contributed by atoms with Gasteiger partial charge in [0.1, 0.15) is 11.6 Å². The lowest BCUT2D eigenvalue weighted by Gasteiger charge is -2.20. The van der Waals surface area contributed by atoms with Crippen molar-refractivity contribution in [1.29, 1.82) is 0 Å². The topological polar surface area (TPSA) is 35.2 Å². The van der Waals surface area contributed by atoms with Gasteiger partial charge in [0.2, 0.25) is 8.32 Å². The summed E-state index contributed by atoms with van der Waals surface area (Å²) < 4.78 is 18.4. The molecule has 1 aromatic rings. The van der Waals surface area contributed by atoms with Gasteiger partial charge in [-0.1, -0.05) is 0 Å². The molecule has 13 heavy (non-hydrogen) atoms. The van der Waals surface area contributed by atoms with E-state index >= 15 is 0 Å². The minimum absolute atomic E-state index is 0.317. The zero-order valence-corrected chi connectivity index (χ0v) is 9.10. The second kappa shape index (κ2) is 3.37. The molecule has 0 spiro atoms. The fourth-order valence-corrected chi connectivity index (χ4v) is 1.76. The Morgan fingerprint density at radius 2 is 1.92 bits per heavy atom. The predicted octanol–water partition coefficient (Wildman–Crippen LogP) is 2.62. The molecule has 0 saturated carbocycles. The number of nitrogens with two attached hydrogens (primary N) is 1. The molecule has 2 N–H and O–H groups in total. The molecule has 0 fully saturated rings. The van der Waals surface area contributed by atoms with Gasteiger partial charge in [-0.05, 0) is 31.8 Å². The summed E-state index contributed by atoms with van der Waals surface area (Å²) in [4.78, 5) is 0. The SMILES string of the molecule is C[Si](C)(C)Oc1cc(F)ccc1N. The van der Waals surface area contributed by atoms with Crippen molar-refractivity contribution in [3.8, 4) is 5.75 Å². The van der Waals surface area contributed by atoms with Crippen molar-refractivity contribution in [3.05, 3.63) is 24.0 Å². The lowest BCUT2D eigenvalue weighted by Crippen LogP contribution is -2.29. The highest BCUT2D eigenvalue weighted by atomic mass is 28.4. The van der Waals surface area contributed by atoms with E-state index in [1.165, 1.54) is 18.2 Å². The van der Waals surface area contributed by atoms with Gasteiger partial charge >= 0.3 is 0 Å². The predicted molar refractivity (Wildman–Crippen MR) is 54.8 cm³/mol. The third kappa shape index (κ3) is 3.06. The lowest BCUT2D eigenvalue weighted by molar-refractivity contribution is 0.547. The summed E-state index contributed by atoms with van der Waals surface area (Å²) >= 11 is 0. The van der Waals surface area contributed by atoms with E-state index in [0.717, 1.165) is 0 Å². The monoisotopic (exact) mass is 199 g/mol. The van der Waals surface area contributed by atoms with E-state index in [0.29, 0.717) is 11.4 Å². The van der Waals surface area contributed by atoms with Crippen LogP contribution in [0, 0.1) is 5.82 Å². The van der Waals surface area contributed by atoms with Crippen LogP contribution in [0.1, 0.15) is 0 Å². The Morgan fingerprint density at radius 3 is 2.46 bits per heavy atom. The van der Waals surface area contributed by atoms with Crippen molar-refractivity contribution < 1.29 is 8.82 Å². The first kappa shape index (κ1) is 10.1. The zero-order chi connectivity index (χ0) is 10.1. The van der Waals surface area contributed by atoms with Crippen LogP contribution < -0.4 is 10.2 Å². The first-order valence-electron chi connectivity index (χ1n) is 4.12. The molecule has 0 radical (unpaired) electrons. The fraction of sp³-hybridized carbons (Fsp3) is 0.333.